The van der Waals surface area contributed by atoms with E-state index < -0.39 is 0 Å². The minimum atomic E-state index is 0.453. The molecule has 5 rings (SSSR count). The van der Waals surface area contributed by atoms with E-state index in [0.29, 0.717) is 11.0 Å². The molecule has 0 amide bonds. The van der Waals surface area contributed by atoms with Gasteiger partial charge in [0.05, 0.1) is 15.4 Å². The number of fused-ring (bicyclic) bond motifs is 1. The largest absolute Gasteiger partial charge is 0.264 e. The minimum absolute atomic E-state index is 0.453. The third-order valence-electron chi connectivity index (χ3n) is 3.90. The Balaban J connectivity index is 1.57. The summed E-state index contributed by atoms with van der Waals surface area (Å²) < 4.78 is 0. The molecule has 130 valence electrons. The van der Waals surface area contributed by atoms with Crippen molar-refractivity contribution in [2.45, 2.75) is 0 Å². The average Bonchev–Trinajstić information content (AvgIpc) is 3.32. The number of hydrogen-bond donors (Lipinski definition) is 0. The molecule has 27 heavy (non-hydrogen) atoms. The van der Waals surface area contributed by atoms with Crippen LogP contribution in [0.1, 0.15) is 0 Å². The van der Waals surface area contributed by atoms with Gasteiger partial charge in [0.2, 0.25) is 0 Å². The van der Waals surface area contributed by atoms with Gasteiger partial charge in [-0.1, -0.05) is 11.6 Å². The van der Waals surface area contributed by atoms with Crippen LogP contribution in [0.15, 0.2) is 61.2 Å². The highest BCUT2D eigenvalue weighted by molar-refractivity contribution is 7.22. The van der Waals surface area contributed by atoms with Crippen LogP contribution in [0.5, 0.6) is 0 Å². The molecule has 0 aliphatic rings. The second-order valence-corrected chi connectivity index (χ2v) is 8.04. The highest BCUT2D eigenvalue weighted by Crippen LogP contribution is 2.39. The zero-order valence-corrected chi connectivity index (χ0v) is 16.1. The third-order valence-corrected chi connectivity index (χ3v) is 6.45. The number of rotatable bonds is 3. The van der Waals surface area contributed by atoms with Crippen molar-refractivity contribution in [1.29, 1.82) is 0 Å². The Bertz CT molecular complexity index is 1240. The van der Waals surface area contributed by atoms with Crippen LogP contribution >= 0.6 is 34.3 Å². The van der Waals surface area contributed by atoms with Crippen molar-refractivity contribution >= 4 is 44.5 Å². The van der Waals surface area contributed by atoms with E-state index in [9.17, 15) is 0 Å². The number of hydrogen-bond acceptors (Lipinski definition) is 7. The van der Waals surface area contributed by atoms with Crippen LogP contribution in [0.3, 0.4) is 0 Å². The van der Waals surface area contributed by atoms with E-state index >= 15 is 0 Å². The first kappa shape index (κ1) is 16.4. The second kappa shape index (κ2) is 6.77. The first-order valence-electron chi connectivity index (χ1n) is 8.03. The van der Waals surface area contributed by atoms with Crippen molar-refractivity contribution in [3.8, 4) is 31.8 Å². The number of thiazole rings is 1. The third kappa shape index (κ3) is 3.10. The lowest BCUT2D eigenvalue weighted by Gasteiger charge is -1.97. The SMILES string of the molecule is Clc1nc(-c2cccnc2)sc1-c1ccc2cc(-c3ncccn3)sc2n1. The van der Waals surface area contributed by atoms with Crippen molar-refractivity contribution in [3.05, 3.63) is 66.3 Å². The maximum atomic E-state index is 6.40. The number of thiophene rings is 1. The van der Waals surface area contributed by atoms with Gasteiger partial charge in [-0.05, 0) is 36.4 Å². The molecule has 0 aromatic carbocycles. The summed E-state index contributed by atoms with van der Waals surface area (Å²) in [5.74, 6) is 0.705. The van der Waals surface area contributed by atoms with E-state index in [4.69, 9.17) is 16.6 Å². The normalized spacial score (nSPS) is 11.1. The molecule has 0 atom stereocenters. The van der Waals surface area contributed by atoms with Crippen LogP contribution in [-0.2, 0) is 0 Å². The van der Waals surface area contributed by atoms with E-state index in [1.807, 2.05) is 24.3 Å². The molecule has 5 aromatic heterocycles. The molecule has 0 saturated carbocycles. The molecule has 0 aliphatic heterocycles. The Morgan fingerprint density at radius 3 is 2.59 bits per heavy atom. The first-order chi connectivity index (χ1) is 13.3. The summed E-state index contributed by atoms with van der Waals surface area (Å²) in [6.07, 6.45) is 6.99. The lowest BCUT2D eigenvalue weighted by atomic mass is 10.2. The Hall–Kier alpha value is -2.74. The van der Waals surface area contributed by atoms with Crippen molar-refractivity contribution in [2.24, 2.45) is 0 Å². The maximum Gasteiger partial charge on any atom is 0.169 e. The van der Waals surface area contributed by atoms with Crippen molar-refractivity contribution in [2.75, 3.05) is 0 Å². The second-order valence-electron chi connectivity index (χ2n) is 5.65. The van der Waals surface area contributed by atoms with Gasteiger partial charge < -0.3 is 0 Å². The Morgan fingerprint density at radius 1 is 0.889 bits per heavy atom. The molecule has 0 saturated heterocycles. The molecule has 0 unspecified atom stereocenters. The molecule has 0 aliphatic carbocycles. The van der Waals surface area contributed by atoms with Gasteiger partial charge in [-0.25, -0.2) is 19.9 Å². The number of aromatic nitrogens is 5. The molecule has 0 radical (unpaired) electrons. The molecular formula is C19H10ClN5S2. The van der Waals surface area contributed by atoms with E-state index in [2.05, 4.69) is 26.0 Å². The molecule has 0 spiro atoms. The molecule has 8 heteroatoms. The topological polar surface area (TPSA) is 64.5 Å². The van der Waals surface area contributed by atoms with E-state index in [1.54, 1.807) is 42.2 Å². The van der Waals surface area contributed by atoms with Crippen molar-refractivity contribution in [3.63, 3.8) is 0 Å². The molecular weight excluding hydrogens is 398 g/mol. The summed E-state index contributed by atoms with van der Waals surface area (Å²) in [7, 11) is 0. The average molecular weight is 408 g/mol. The fraction of sp³-hybridized carbons (Fsp3) is 0. The molecule has 5 aromatic rings. The molecule has 0 fully saturated rings. The fourth-order valence-electron chi connectivity index (χ4n) is 2.65. The van der Waals surface area contributed by atoms with Crippen molar-refractivity contribution in [1.82, 2.24) is 24.9 Å². The lowest BCUT2D eigenvalue weighted by molar-refractivity contribution is 1.19. The van der Waals surface area contributed by atoms with E-state index in [1.165, 1.54) is 11.3 Å². The molecule has 0 bridgehead atoms. The predicted molar refractivity (Wildman–Crippen MR) is 110 cm³/mol. The zero-order chi connectivity index (χ0) is 18.2. The minimum Gasteiger partial charge on any atom is -0.264 e. The smallest absolute Gasteiger partial charge is 0.169 e. The summed E-state index contributed by atoms with van der Waals surface area (Å²) in [6.45, 7) is 0. The Kier molecular flexibility index (Phi) is 4.12. The van der Waals surface area contributed by atoms with Crippen LogP contribution < -0.4 is 0 Å². The van der Waals surface area contributed by atoms with Gasteiger partial charge in [0.1, 0.15) is 15.0 Å². The quantitative estimate of drug-likeness (QED) is 0.390. The zero-order valence-electron chi connectivity index (χ0n) is 13.7. The summed E-state index contributed by atoms with van der Waals surface area (Å²) in [5, 5.41) is 2.34. The van der Waals surface area contributed by atoms with E-state index in [-0.39, 0.29) is 0 Å². The van der Waals surface area contributed by atoms with Crippen LogP contribution in [0.25, 0.3) is 42.1 Å². The molecule has 5 nitrogen and oxygen atoms in total. The van der Waals surface area contributed by atoms with Crippen LogP contribution in [0.4, 0.5) is 0 Å². The number of pyridine rings is 2. The van der Waals surface area contributed by atoms with Gasteiger partial charge in [-0.15, -0.1) is 22.7 Å². The van der Waals surface area contributed by atoms with Crippen LogP contribution in [0, 0.1) is 0 Å². The first-order valence-corrected chi connectivity index (χ1v) is 10.0. The van der Waals surface area contributed by atoms with Gasteiger partial charge in [-0.3, -0.25) is 4.98 Å². The van der Waals surface area contributed by atoms with E-state index in [0.717, 1.165) is 36.2 Å². The number of nitrogens with zero attached hydrogens (tertiary/aromatic N) is 5. The van der Waals surface area contributed by atoms with Crippen LogP contribution in [0.2, 0.25) is 5.15 Å². The summed E-state index contributed by atoms with van der Waals surface area (Å²) in [6, 6.07) is 11.7. The van der Waals surface area contributed by atoms with Crippen molar-refractivity contribution < 1.29 is 0 Å². The van der Waals surface area contributed by atoms with Gasteiger partial charge >= 0.3 is 0 Å². The van der Waals surface area contributed by atoms with Crippen LogP contribution in [-0.4, -0.2) is 24.9 Å². The monoisotopic (exact) mass is 407 g/mol. The van der Waals surface area contributed by atoms with Gasteiger partial charge in [0, 0.05) is 35.7 Å². The summed E-state index contributed by atoms with van der Waals surface area (Å²) >= 11 is 9.48. The highest BCUT2D eigenvalue weighted by atomic mass is 35.5. The molecule has 5 heterocycles. The predicted octanol–water partition coefficient (Wildman–Crippen LogP) is 5.59. The highest BCUT2D eigenvalue weighted by Gasteiger charge is 2.15. The summed E-state index contributed by atoms with van der Waals surface area (Å²) in [4.78, 5) is 24.8. The number of halogens is 1. The maximum absolute atomic E-state index is 6.40. The lowest BCUT2D eigenvalue weighted by Crippen LogP contribution is -1.81. The van der Waals surface area contributed by atoms with Gasteiger partial charge in [0.15, 0.2) is 5.82 Å². The summed E-state index contributed by atoms with van der Waals surface area (Å²) in [5.41, 5.74) is 1.75. The fourth-order valence-corrected chi connectivity index (χ4v) is 4.90. The standard InChI is InChI=1S/C19H10ClN5S2/c20-16-15(27-19(25-16)12-3-1-6-21-10-12)13-5-4-11-9-14(26-18(11)24-13)17-22-7-2-8-23-17/h1-10H. The van der Waals surface area contributed by atoms with Gasteiger partial charge in [0.25, 0.3) is 0 Å². The Morgan fingerprint density at radius 2 is 1.78 bits per heavy atom. The van der Waals surface area contributed by atoms with Gasteiger partial charge in [-0.2, -0.15) is 0 Å². The molecule has 0 N–H and O–H groups in total. The Labute approximate surface area is 167 Å².